The molecule has 0 aliphatic carbocycles. The number of anilines is 1. The number of ether oxygens (including phenoxy) is 1. The van der Waals surface area contributed by atoms with E-state index >= 15 is 0 Å². The van der Waals surface area contributed by atoms with Crippen LogP contribution in [0.5, 0.6) is 0 Å². The molecule has 0 amide bonds. The van der Waals surface area contributed by atoms with E-state index in [-0.39, 0.29) is 29.3 Å². The fourth-order valence-electron chi connectivity index (χ4n) is 1.93. The van der Waals surface area contributed by atoms with Gasteiger partial charge in [-0.3, -0.25) is 10.1 Å². The molecule has 0 saturated carbocycles. The van der Waals surface area contributed by atoms with Crippen molar-refractivity contribution in [1.29, 1.82) is 0 Å². The summed E-state index contributed by atoms with van der Waals surface area (Å²) in [6.45, 7) is 2.46. The Morgan fingerprint density at radius 3 is 3.05 bits per heavy atom. The predicted octanol–water partition coefficient (Wildman–Crippen LogP) is 1.59. The Bertz CT molecular complexity index is 499. The lowest BCUT2D eigenvalue weighted by Gasteiger charge is -2.26. The van der Waals surface area contributed by atoms with Gasteiger partial charge in [-0.05, 0) is 6.92 Å². The molecule has 2 rings (SSSR count). The van der Waals surface area contributed by atoms with Gasteiger partial charge in [0.25, 0.3) is 5.69 Å². The highest BCUT2D eigenvalue weighted by atomic mass is 35.5. The molecule has 2 unspecified atom stereocenters. The standard InChI is InChI=1S/C11H14ClN3O4/c1-7-11(16,2-3-19-7)6-13-10-5-8(15(17)18)4-9(12)14-10/h4-5,7,16H,2-3,6H2,1H3,(H,13,14). The fraction of sp³-hybridized carbons (Fsp3) is 0.545. The van der Waals surface area contributed by atoms with E-state index in [2.05, 4.69) is 10.3 Å². The normalized spacial score (nSPS) is 26.4. The topological polar surface area (TPSA) is 97.5 Å². The van der Waals surface area contributed by atoms with Gasteiger partial charge in [-0.25, -0.2) is 4.98 Å². The van der Waals surface area contributed by atoms with Crippen LogP contribution in [0.15, 0.2) is 12.1 Å². The molecule has 2 N–H and O–H groups in total. The van der Waals surface area contributed by atoms with Crippen molar-refractivity contribution in [2.45, 2.75) is 25.0 Å². The van der Waals surface area contributed by atoms with Crippen molar-refractivity contribution >= 4 is 23.1 Å². The molecule has 0 aromatic carbocycles. The van der Waals surface area contributed by atoms with Gasteiger partial charge in [0.1, 0.15) is 16.6 Å². The maximum Gasteiger partial charge on any atom is 0.276 e. The first-order valence-electron chi connectivity index (χ1n) is 5.80. The number of pyridine rings is 1. The van der Waals surface area contributed by atoms with Crippen molar-refractivity contribution < 1.29 is 14.8 Å². The van der Waals surface area contributed by atoms with Gasteiger partial charge < -0.3 is 15.2 Å². The van der Waals surface area contributed by atoms with Crippen LogP contribution in [0.1, 0.15) is 13.3 Å². The Balaban J connectivity index is 2.09. The molecule has 19 heavy (non-hydrogen) atoms. The third-order valence-electron chi connectivity index (χ3n) is 3.22. The van der Waals surface area contributed by atoms with Crippen molar-refractivity contribution in [3.8, 4) is 0 Å². The van der Waals surface area contributed by atoms with Crippen molar-refractivity contribution in [1.82, 2.24) is 4.98 Å². The van der Waals surface area contributed by atoms with Gasteiger partial charge in [-0.15, -0.1) is 0 Å². The van der Waals surface area contributed by atoms with Gasteiger partial charge in [0, 0.05) is 19.6 Å². The molecule has 1 aromatic heterocycles. The molecule has 8 heteroatoms. The number of aliphatic hydroxyl groups is 1. The van der Waals surface area contributed by atoms with Crippen LogP contribution < -0.4 is 5.32 Å². The first-order valence-corrected chi connectivity index (χ1v) is 6.18. The van der Waals surface area contributed by atoms with Crippen LogP contribution in [0.2, 0.25) is 5.15 Å². The molecule has 1 aliphatic rings. The van der Waals surface area contributed by atoms with Crippen LogP contribution in [0, 0.1) is 10.1 Å². The maximum atomic E-state index is 10.7. The average Bonchev–Trinajstić information content (AvgIpc) is 2.67. The van der Waals surface area contributed by atoms with Gasteiger partial charge in [-0.1, -0.05) is 11.6 Å². The van der Waals surface area contributed by atoms with Crippen molar-refractivity contribution in [2.24, 2.45) is 0 Å². The molecule has 104 valence electrons. The molecule has 1 aliphatic heterocycles. The smallest absolute Gasteiger partial charge is 0.276 e. The Kier molecular flexibility index (Phi) is 3.88. The van der Waals surface area contributed by atoms with E-state index in [1.807, 2.05) is 0 Å². The van der Waals surface area contributed by atoms with Gasteiger partial charge in [0.05, 0.1) is 23.2 Å². The number of nitro groups is 1. The van der Waals surface area contributed by atoms with E-state index in [9.17, 15) is 15.2 Å². The van der Waals surface area contributed by atoms with Crippen LogP contribution in [0.4, 0.5) is 11.5 Å². The highest BCUT2D eigenvalue weighted by Gasteiger charge is 2.39. The van der Waals surface area contributed by atoms with E-state index in [4.69, 9.17) is 16.3 Å². The zero-order valence-corrected chi connectivity index (χ0v) is 11.1. The van der Waals surface area contributed by atoms with Gasteiger partial charge in [0.2, 0.25) is 0 Å². The molecule has 0 spiro atoms. The summed E-state index contributed by atoms with van der Waals surface area (Å²) in [5.74, 6) is 0.256. The SMILES string of the molecule is CC1OCCC1(O)CNc1cc([N+](=O)[O-])cc(Cl)n1. The summed E-state index contributed by atoms with van der Waals surface area (Å²) in [6.07, 6.45) is 0.207. The molecule has 0 bridgehead atoms. The zero-order valence-electron chi connectivity index (χ0n) is 10.3. The van der Waals surface area contributed by atoms with Gasteiger partial charge in [-0.2, -0.15) is 0 Å². The van der Waals surface area contributed by atoms with Crippen LogP contribution in [-0.2, 0) is 4.74 Å². The van der Waals surface area contributed by atoms with Gasteiger partial charge >= 0.3 is 0 Å². The third-order valence-corrected chi connectivity index (χ3v) is 3.42. The Morgan fingerprint density at radius 1 is 1.74 bits per heavy atom. The quantitative estimate of drug-likeness (QED) is 0.496. The molecule has 0 radical (unpaired) electrons. The number of nitrogens with zero attached hydrogens (tertiary/aromatic N) is 2. The average molecular weight is 288 g/mol. The van der Waals surface area contributed by atoms with E-state index in [1.54, 1.807) is 6.92 Å². The summed E-state index contributed by atoms with van der Waals surface area (Å²) in [6, 6.07) is 2.44. The number of hydrogen-bond donors (Lipinski definition) is 2. The maximum absolute atomic E-state index is 10.7. The summed E-state index contributed by atoms with van der Waals surface area (Å²) in [5.41, 5.74) is -1.15. The van der Waals surface area contributed by atoms with Crippen molar-refractivity contribution in [3.05, 3.63) is 27.4 Å². The number of rotatable bonds is 4. The Labute approximate surface area is 114 Å². The van der Waals surface area contributed by atoms with Crippen LogP contribution in [0.3, 0.4) is 0 Å². The van der Waals surface area contributed by atoms with E-state index in [0.717, 1.165) is 0 Å². The fourth-order valence-corrected chi connectivity index (χ4v) is 2.13. The van der Waals surface area contributed by atoms with E-state index in [1.165, 1.54) is 12.1 Å². The second-order valence-corrected chi connectivity index (χ2v) is 4.90. The number of hydrogen-bond acceptors (Lipinski definition) is 6. The number of aromatic nitrogens is 1. The molecule has 2 heterocycles. The lowest BCUT2D eigenvalue weighted by Crippen LogP contribution is -2.43. The minimum atomic E-state index is -1.00. The van der Waals surface area contributed by atoms with E-state index in [0.29, 0.717) is 13.0 Å². The molecule has 7 nitrogen and oxygen atoms in total. The summed E-state index contributed by atoms with van der Waals surface area (Å²) in [4.78, 5) is 14.1. The molecule has 1 fully saturated rings. The third kappa shape index (κ3) is 3.12. The van der Waals surface area contributed by atoms with Crippen LogP contribution >= 0.6 is 11.6 Å². The second kappa shape index (κ2) is 5.28. The molecule has 2 atom stereocenters. The summed E-state index contributed by atoms with van der Waals surface area (Å²) >= 11 is 5.71. The van der Waals surface area contributed by atoms with E-state index < -0.39 is 10.5 Å². The van der Waals surface area contributed by atoms with Crippen molar-refractivity contribution in [2.75, 3.05) is 18.5 Å². The van der Waals surface area contributed by atoms with Crippen LogP contribution in [-0.4, -0.2) is 39.9 Å². The summed E-state index contributed by atoms with van der Waals surface area (Å²) < 4.78 is 5.30. The zero-order chi connectivity index (χ0) is 14.0. The lowest BCUT2D eigenvalue weighted by atomic mass is 9.97. The second-order valence-electron chi connectivity index (χ2n) is 4.51. The Morgan fingerprint density at radius 2 is 2.47 bits per heavy atom. The number of halogens is 1. The molecular formula is C11H14ClN3O4. The Hall–Kier alpha value is -1.44. The highest BCUT2D eigenvalue weighted by molar-refractivity contribution is 6.29. The minimum Gasteiger partial charge on any atom is -0.385 e. The monoisotopic (exact) mass is 287 g/mol. The molecular weight excluding hydrogens is 274 g/mol. The van der Waals surface area contributed by atoms with Gasteiger partial charge in [0.15, 0.2) is 0 Å². The molecule has 1 saturated heterocycles. The molecule has 1 aromatic rings. The van der Waals surface area contributed by atoms with Crippen molar-refractivity contribution in [3.63, 3.8) is 0 Å². The summed E-state index contributed by atoms with van der Waals surface area (Å²) in [5, 5.41) is 23.9. The lowest BCUT2D eigenvalue weighted by molar-refractivity contribution is -0.384. The predicted molar refractivity (Wildman–Crippen MR) is 69.4 cm³/mol. The first kappa shape index (κ1) is 14.0. The number of nitrogens with one attached hydrogen (secondary N) is 1. The summed E-state index contributed by atoms with van der Waals surface area (Å²) in [7, 11) is 0. The van der Waals surface area contributed by atoms with Crippen LogP contribution in [0.25, 0.3) is 0 Å². The first-order chi connectivity index (χ1) is 8.90. The largest absolute Gasteiger partial charge is 0.385 e. The highest BCUT2D eigenvalue weighted by Crippen LogP contribution is 2.27. The minimum absolute atomic E-state index is 0.0272.